The van der Waals surface area contributed by atoms with Crippen LogP contribution < -0.4 is 16.4 Å². The van der Waals surface area contributed by atoms with Gasteiger partial charge in [-0.05, 0) is 31.6 Å². The van der Waals surface area contributed by atoms with E-state index in [9.17, 15) is 24.0 Å². The number of likely N-dealkylation sites (tertiary alicyclic amines) is 1. The molecule has 0 aromatic heterocycles. The fraction of sp³-hybridized carbons (Fsp3) is 0.722. The van der Waals surface area contributed by atoms with Gasteiger partial charge in [0.2, 0.25) is 17.7 Å². The van der Waals surface area contributed by atoms with Crippen LogP contribution in [0.1, 0.15) is 46.0 Å². The number of carboxylic acids is 2. The second-order valence-corrected chi connectivity index (χ2v) is 7.53. The lowest BCUT2D eigenvalue weighted by Crippen LogP contribution is -2.53. The molecule has 3 amide bonds. The molecule has 3 atom stereocenters. The molecule has 0 saturated carbocycles. The molecule has 29 heavy (non-hydrogen) atoms. The van der Waals surface area contributed by atoms with E-state index in [1.54, 1.807) is 0 Å². The fourth-order valence-corrected chi connectivity index (χ4v) is 3.18. The molecule has 0 aliphatic carbocycles. The van der Waals surface area contributed by atoms with Crippen LogP contribution in [0.3, 0.4) is 0 Å². The zero-order chi connectivity index (χ0) is 22.1. The quantitative estimate of drug-likeness (QED) is 0.283. The number of aliphatic carboxylic acids is 2. The number of hydrogen-bond donors (Lipinski definition) is 5. The Morgan fingerprint density at radius 2 is 1.83 bits per heavy atom. The molecule has 3 unspecified atom stereocenters. The third kappa shape index (κ3) is 8.06. The van der Waals surface area contributed by atoms with Gasteiger partial charge >= 0.3 is 11.9 Å². The van der Waals surface area contributed by atoms with Gasteiger partial charge in [-0.2, -0.15) is 0 Å². The van der Waals surface area contributed by atoms with Crippen LogP contribution in [0.4, 0.5) is 0 Å². The minimum atomic E-state index is -1.37. The van der Waals surface area contributed by atoms with Gasteiger partial charge in [-0.3, -0.25) is 19.2 Å². The van der Waals surface area contributed by atoms with Crippen molar-refractivity contribution < 1.29 is 34.2 Å². The van der Waals surface area contributed by atoms with Gasteiger partial charge in [0.05, 0.1) is 12.6 Å². The molecule has 1 aliphatic rings. The summed E-state index contributed by atoms with van der Waals surface area (Å²) >= 11 is 0. The van der Waals surface area contributed by atoms with Crippen LogP contribution >= 0.6 is 0 Å². The average molecular weight is 414 g/mol. The summed E-state index contributed by atoms with van der Waals surface area (Å²) in [6.07, 6.45) is 0.895. The molecule has 0 aromatic carbocycles. The molecule has 1 saturated heterocycles. The predicted molar refractivity (Wildman–Crippen MR) is 102 cm³/mol. The van der Waals surface area contributed by atoms with Crippen molar-refractivity contribution in [3.05, 3.63) is 0 Å². The van der Waals surface area contributed by atoms with E-state index < -0.39 is 54.8 Å². The van der Waals surface area contributed by atoms with Crippen LogP contribution in [0.5, 0.6) is 0 Å². The van der Waals surface area contributed by atoms with Crippen molar-refractivity contribution in [2.75, 3.05) is 13.1 Å². The van der Waals surface area contributed by atoms with Gasteiger partial charge in [0, 0.05) is 13.0 Å². The molecule has 1 fully saturated rings. The highest BCUT2D eigenvalue weighted by Crippen LogP contribution is 2.19. The maximum absolute atomic E-state index is 12.5. The average Bonchev–Trinajstić information content (AvgIpc) is 3.11. The highest BCUT2D eigenvalue weighted by molar-refractivity contribution is 5.93. The molecular formula is C18H30N4O7. The minimum Gasteiger partial charge on any atom is -0.481 e. The molecule has 11 nitrogen and oxygen atoms in total. The third-order valence-electron chi connectivity index (χ3n) is 4.58. The van der Waals surface area contributed by atoms with Crippen LogP contribution in [0.2, 0.25) is 0 Å². The van der Waals surface area contributed by atoms with Crippen molar-refractivity contribution in [2.24, 2.45) is 11.7 Å². The Labute approximate surface area is 169 Å². The Hall–Kier alpha value is -2.69. The lowest BCUT2D eigenvalue weighted by Gasteiger charge is -2.27. The van der Waals surface area contributed by atoms with E-state index >= 15 is 0 Å². The summed E-state index contributed by atoms with van der Waals surface area (Å²) in [7, 11) is 0. The number of hydrogen-bond acceptors (Lipinski definition) is 6. The summed E-state index contributed by atoms with van der Waals surface area (Å²) in [6.45, 7) is 3.82. The van der Waals surface area contributed by atoms with Crippen molar-refractivity contribution in [3.63, 3.8) is 0 Å². The monoisotopic (exact) mass is 414 g/mol. The number of nitrogens with two attached hydrogens (primary N) is 1. The first-order valence-electron chi connectivity index (χ1n) is 9.60. The molecule has 0 aromatic rings. The minimum absolute atomic E-state index is 0.232. The van der Waals surface area contributed by atoms with Gasteiger partial charge in [-0.25, -0.2) is 4.79 Å². The molecule has 0 spiro atoms. The topological polar surface area (TPSA) is 179 Å². The van der Waals surface area contributed by atoms with Gasteiger partial charge in [0.15, 0.2) is 0 Å². The van der Waals surface area contributed by atoms with Gasteiger partial charge < -0.3 is 31.5 Å². The van der Waals surface area contributed by atoms with E-state index in [0.29, 0.717) is 25.8 Å². The van der Waals surface area contributed by atoms with E-state index in [-0.39, 0.29) is 18.2 Å². The smallest absolute Gasteiger partial charge is 0.326 e. The highest BCUT2D eigenvalue weighted by Gasteiger charge is 2.36. The number of carbonyl (C=O) groups excluding carboxylic acids is 3. The highest BCUT2D eigenvalue weighted by atomic mass is 16.4. The molecule has 1 heterocycles. The summed E-state index contributed by atoms with van der Waals surface area (Å²) in [5.41, 5.74) is 5.93. The standard InChI is InChI=1S/C18H30N4O7/c1-10(2)8-11(19)17(27)22-7-3-4-13(22)16(26)20-9-14(23)21-12(18(28)29)5-6-15(24)25/h10-13H,3-9,19H2,1-2H3,(H,20,26)(H,21,23)(H,24,25)(H,28,29). The molecule has 0 radical (unpaired) electrons. The Balaban J connectivity index is 2.57. The fourth-order valence-electron chi connectivity index (χ4n) is 3.18. The Bertz CT molecular complexity index is 638. The first kappa shape index (κ1) is 24.3. The number of nitrogens with one attached hydrogen (secondary N) is 2. The molecule has 164 valence electrons. The van der Waals surface area contributed by atoms with E-state index in [1.165, 1.54) is 4.90 Å². The summed E-state index contributed by atoms with van der Waals surface area (Å²) < 4.78 is 0. The second-order valence-electron chi connectivity index (χ2n) is 7.53. The van der Waals surface area contributed by atoms with Gasteiger partial charge in [0.1, 0.15) is 12.1 Å². The van der Waals surface area contributed by atoms with Gasteiger partial charge in [-0.1, -0.05) is 13.8 Å². The number of carbonyl (C=O) groups is 5. The maximum Gasteiger partial charge on any atom is 0.326 e. The summed E-state index contributed by atoms with van der Waals surface area (Å²) in [5.74, 6) is -3.89. The van der Waals surface area contributed by atoms with E-state index in [2.05, 4.69) is 10.6 Å². The molecular weight excluding hydrogens is 384 g/mol. The number of nitrogens with zero attached hydrogens (tertiary/aromatic N) is 1. The molecule has 6 N–H and O–H groups in total. The first-order chi connectivity index (χ1) is 13.5. The lowest BCUT2D eigenvalue weighted by molar-refractivity contribution is -0.143. The normalized spacial score (nSPS) is 18.2. The molecule has 1 rings (SSSR count). The van der Waals surface area contributed by atoms with Gasteiger partial charge in [0.25, 0.3) is 0 Å². The Kier molecular flexibility index (Phi) is 9.53. The van der Waals surface area contributed by atoms with Crippen LogP contribution in [0, 0.1) is 5.92 Å². The number of rotatable bonds is 11. The Morgan fingerprint density at radius 1 is 1.17 bits per heavy atom. The van der Waals surface area contributed by atoms with Crippen molar-refractivity contribution in [1.82, 2.24) is 15.5 Å². The molecule has 1 aliphatic heterocycles. The zero-order valence-corrected chi connectivity index (χ0v) is 16.7. The van der Waals surface area contributed by atoms with E-state index in [0.717, 1.165) is 0 Å². The van der Waals surface area contributed by atoms with Crippen LogP contribution in [0.15, 0.2) is 0 Å². The largest absolute Gasteiger partial charge is 0.481 e. The number of amides is 3. The van der Waals surface area contributed by atoms with E-state index in [4.69, 9.17) is 15.9 Å². The second kappa shape index (κ2) is 11.3. The van der Waals surface area contributed by atoms with E-state index in [1.807, 2.05) is 13.8 Å². The van der Waals surface area contributed by atoms with Crippen molar-refractivity contribution in [3.8, 4) is 0 Å². The van der Waals surface area contributed by atoms with Crippen molar-refractivity contribution >= 4 is 29.7 Å². The third-order valence-corrected chi connectivity index (χ3v) is 4.58. The number of carboxylic acid groups (broad SMARTS) is 2. The summed E-state index contributed by atoms with van der Waals surface area (Å²) in [5, 5.41) is 22.3. The zero-order valence-electron chi connectivity index (χ0n) is 16.7. The SMILES string of the molecule is CC(C)CC(N)C(=O)N1CCCC1C(=O)NCC(=O)NC(CCC(=O)O)C(=O)O. The summed E-state index contributed by atoms with van der Waals surface area (Å²) in [6, 6.07) is -2.79. The molecule has 0 bridgehead atoms. The van der Waals surface area contributed by atoms with Crippen molar-refractivity contribution in [1.29, 1.82) is 0 Å². The van der Waals surface area contributed by atoms with Gasteiger partial charge in [-0.15, -0.1) is 0 Å². The van der Waals surface area contributed by atoms with Crippen LogP contribution in [-0.2, 0) is 24.0 Å². The van der Waals surface area contributed by atoms with Crippen LogP contribution in [-0.4, -0.2) is 76.0 Å². The Morgan fingerprint density at radius 3 is 2.38 bits per heavy atom. The lowest BCUT2D eigenvalue weighted by atomic mass is 10.0. The molecule has 11 heteroatoms. The summed E-state index contributed by atoms with van der Waals surface area (Å²) in [4.78, 5) is 60.0. The van der Waals surface area contributed by atoms with Crippen LogP contribution in [0.25, 0.3) is 0 Å². The predicted octanol–water partition coefficient (Wildman–Crippen LogP) is -1.10. The maximum atomic E-state index is 12.5. The first-order valence-corrected chi connectivity index (χ1v) is 9.60. The van der Waals surface area contributed by atoms with Crippen molar-refractivity contribution in [2.45, 2.75) is 64.1 Å².